The Balaban J connectivity index is 1.34. The summed E-state index contributed by atoms with van der Waals surface area (Å²) in [4.78, 5) is 20.0. The maximum atomic E-state index is 6.23. The zero-order valence-electron chi connectivity index (χ0n) is 25.6. The average Bonchev–Trinajstić information content (AvgIpc) is 3.71. The standard InChI is InChI=1S/C42H25N5O/c1-3-12-26(13-4-1)32-24-33-29-17-9-10-20-35(29)47(39(33)30-18-8-7-16-28(30)32)42-45-40(27-14-5-2-6-15-27)44-41(46-42)31-19-11-21-37-38(31)34-25-43-23-22-36(34)48-37/h1-25H. The second-order valence-electron chi connectivity index (χ2n) is 11.9. The molecule has 0 atom stereocenters. The largest absolute Gasteiger partial charge is 0.456 e. The number of nitrogens with zero attached hydrogens (tertiary/aromatic N) is 5. The van der Waals surface area contributed by atoms with Crippen molar-refractivity contribution in [3.8, 4) is 39.9 Å². The minimum absolute atomic E-state index is 0.547. The van der Waals surface area contributed by atoms with Crippen LogP contribution in [0.3, 0.4) is 0 Å². The number of rotatable bonds is 4. The zero-order chi connectivity index (χ0) is 31.6. The van der Waals surface area contributed by atoms with Gasteiger partial charge in [0.15, 0.2) is 11.6 Å². The number of aromatic nitrogens is 5. The van der Waals surface area contributed by atoms with Gasteiger partial charge in [0.2, 0.25) is 5.95 Å². The average molecular weight is 616 g/mol. The first-order valence-corrected chi connectivity index (χ1v) is 15.9. The highest BCUT2D eigenvalue weighted by molar-refractivity contribution is 6.22. The van der Waals surface area contributed by atoms with Crippen LogP contribution in [-0.4, -0.2) is 24.5 Å². The van der Waals surface area contributed by atoms with Crippen LogP contribution in [0.15, 0.2) is 156 Å². The van der Waals surface area contributed by atoms with E-state index in [1.165, 1.54) is 16.5 Å². The Morgan fingerprint density at radius 1 is 0.479 bits per heavy atom. The van der Waals surface area contributed by atoms with Gasteiger partial charge in [0.05, 0.1) is 11.0 Å². The van der Waals surface area contributed by atoms with Crippen molar-refractivity contribution in [2.75, 3.05) is 0 Å². The summed E-state index contributed by atoms with van der Waals surface area (Å²) >= 11 is 0. The molecule has 0 unspecified atom stereocenters. The Labute approximate surface area is 274 Å². The van der Waals surface area contributed by atoms with Crippen molar-refractivity contribution in [3.63, 3.8) is 0 Å². The van der Waals surface area contributed by atoms with Gasteiger partial charge in [-0.1, -0.05) is 115 Å². The van der Waals surface area contributed by atoms with Crippen LogP contribution in [0, 0.1) is 0 Å². The van der Waals surface area contributed by atoms with Gasteiger partial charge in [-0.2, -0.15) is 9.97 Å². The summed E-state index contributed by atoms with van der Waals surface area (Å²) < 4.78 is 8.43. The predicted octanol–water partition coefficient (Wildman–Crippen LogP) is 10.4. The molecule has 224 valence electrons. The molecule has 0 amide bonds. The molecule has 6 aromatic carbocycles. The molecule has 10 aromatic rings. The van der Waals surface area contributed by atoms with Gasteiger partial charge in [-0.25, -0.2) is 4.98 Å². The number of furan rings is 1. The van der Waals surface area contributed by atoms with Crippen LogP contribution >= 0.6 is 0 Å². The van der Waals surface area contributed by atoms with Gasteiger partial charge in [0, 0.05) is 50.5 Å². The van der Waals surface area contributed by atoms with Crippen LogP contribution in [0.2, 0.25) is 0 Å². The number of hydrogen-bond donors (Lipinski definition) is 0. The van der Waals surface area contributed by atoms with E-state index in [1.807, 2.05) is 60.8 Å². The van der Waals surface area contributed by atoms with E-state index in [2.05, 4.69) is 94.5 Å². The highest BCUT2D eigenvalue weighted by Gasteiger charge is 2.22. The lowest BCUT2D eigenvalue weighted by molar-refractivity contribution is 0.668. The normalized spacial score (nSPS) is 11.8. The van der Waals surface area contributed by atoms with Crippen molar-refractivity contribution >= 4 is 54.5 Å². The molecule has 6 nitrogen and oxygen atoms in total. The van der Waals surface area contributed by atoms with E-state index in [0.717, 1.165) is 60.3 Å². The molecule has 0 fully saturated rings. The molecule has 48 heavy (non-hydrogen) atoms. The zero-order valence-corrected chi connectivity index (χ0v) is 25.6. The summed E-state index contributed by atoms with van der Waals surface area (Å²) in [5.41, 5.74) is 7.74. The number of fused-ring (bicyclic) bond motifs is 8. The molecule has 10 rings (SSSR count). The molecule has 4 heterocycles. The highest BCUT2D eigenvalue weighted by atomic mass is 16.3. The SMILES string of the molecule is c1ccc(-c2nc(-c3cccc4oc5ccncc5c34)nc(-n3c4ccccc4c4cc(-c5ccccc5)c5ccccc5c43)n2)cc1. The van der Waals surface area contributed by atoms with Crippen molar-refractivity contribution in [2.45, 2.75) is 0 Å². The molecule has 0 aliphatic rings. The first-order chi connectivity index (χ1) is 23.8. The van der Waals surface area contributed by atoms with Crippen molar-refractivity contribution in [2.24, 2.45) is 0 Å². The van der Waals surface area contributed by atoms with Gasteiger partial charge >= 0.3 is 0 Å². The summed E-state index contributed by atoms with van der Waals surface area (Å²) in [6, 6.07) is 48.0. The lowest BCUT2D eigenvalue weighted by atomic mass is 9.95. The molecule has 0 radical (unpaired) electrons. The van der Waals surface area contributed by atoms with E-state index in [0.29, 0.717) is 17.6 Å². The Morgan fingerprint density at radius 3 is 2.02 bits per heavy atom. The maximum absolute atomic E-state index is 6.23. The highest BCUT2D eigenvalue weighted by Crippen LogP contribution is 2.41. The fourth-order valence-corrected chi connectivity index (χ4v) is 7.05. The van der Waals surface area contributed by atoms with E-state index in [9.17, 15) is 0 Å². The van der Waals surface area contributed by atoms with E-state index in [1.54, 1.807) is 6.20 Å². The molecule has 0 N–H and O–H groups in total. The molecule has 0 aliphatic carbocycles. The lowest BCUT2D eigenvalue weighted by Crippen LogP contribution is -2.06. The molecule has 0 saturated heterocycles. The van der Waals surface area contributed by atoms with Gasteiger partial charge in [-0.05, 0) is 40.8 Å². The lowest BCUT2D eigenvalue weighted by Gasteiger charge is -2.13. The molecule has 0 saturated carbocycles. The Morgan fingerprint density at radius 2 is 1.19 bits per heavy atom. The van der Waals surface area contributed by atoms with Gasteiger partial charge in [0.25, 0.3) is 0 Å². The molecule has 0 aliphatic heterocycles. The summed E-state index contributed by atoms with van der Waals surface area (Å²) in [5, 5.41) is 6.41. The third-order valence-corrected chi connectivity index (χ3v) is 9.15. The fourth-order valence-electron chi connectivity index (χ4n) is 7.05. The minimum Gasteiger partial charge on any atom is -0.456 e. The fraction of sp³-hybridized carbons (Fsp3) is 0. The van der Waals surface area contributed by atoms with Gasteiger partial charge < -0.3 is 4.42 Å². The van der Waals surface area contributed by atoms with Crippen LogP contribution in [0.1, 0.15) is 0 Å². The van der Waals surface area contributed by atoms with Crippen molar-refractivity contribution in [3.05, 3.63) is 152 Å². The second-order valence-corrected chi connectivity index (χ2v) is 11.9. The Hall–Kier alpha value is -6.66. The third kappa shape index (κ3) is 3.99. The van der Waals surface area contributed by atoms with Crippen molar-refractivity contribution in [1.29, 1.82) is 0 Å². The van der Waals surface area contributed by atoms with Crippen molar-refractivity contribution < 1.29 is 4.42 Å². The summed E-state index contributed by atoms with van der Waals surface area (Å²) in [6.07, 6.45) is 3.59. The molecule has 0 bridgehead atoms. The molecular formula is C42H25N5O. The van der Waals surface area contributed by atoms with Crippen LogP contribution in [0.25, 0.3) is 94.4 Å². The van der Waals surface area contributed by atoms with Gasteiger partial charge in [0.1, 0.15) is 11.2 Å². The second kappa shape index (κ2) is 10.4. The minimum atomic E-state index is 0.547. The van der Waals surface area contributed by atoms with Crippen LogP contribution in [0.5, 0.6) is 0 Å². The molecular weight excluding hydrogens is 590 g/mol. The molecule has 0 spiro atoms. The van der Waals surface area contributed by atoms with E-state index >= 15 is 0 Å². The quantitative estimate of drug-likeness (QED) is 0.197. The molecule has 4 aromatic heterocycles. The summed E-state index contributed by atoms with van der Waals surface area (Å²) in [5.74, 6) is 1.70. The topological polar surface area (TPSA) is 69.6 Å². The number of hydrogen-bond acceptors (Lipinski definition) is 5. The smallest absolute Gasteiger partial charge is 0.238 e. The Bertz CT molecular complexity index is 2840. The third-order valence-electron chi connectivity index (χ3n) is 9.15. The van der Waals surface area contributed by atoms with Crippen LogP contribution < -0.4 is 0 Å². The first-order valence-electron chi connectivity index (χ1n) is 15.9. The number of para-hydroxylation sites is 1. The molecule has 6 heteroatoms. The van der Waals surface area contributed by atoms with E-state index < -0.39 is 0 Å². The number of benzene rings is 6. The van der Waals surface area contributed by atoms with E-state index in [-0.39, 0.29) is 0 Å². The summed E-state index contributed by atoms with van der Waals surface area (Å²) in [6.45, 7) is 0. The van der Waals surface area contributed by atoms with Crippen molar-refractivity contribution in [1.82, 2.24) is 24.5 Å². The predicted molar refractivity (Wildman–Crippen MR) is 193 cm³/mol. The van der Waals surface area contributed by atoms with Crippen LogP contribution in [0.4, 0.5) is 0 Å². The maximum Gasteiger partial charge on any atom is 0.238 e. The van der Waals surface area contributed by atoms with E-state index in [4.69, 9.17) is 19.4 Å². The number of pyridine rings is 1. The Kier molecular flexibility index (Phi) is 5.77. The first kappa shape index (κ1) is 26.5. The van der Waals surface area contributed by atoms with Crippen LogP contribution in [-0.2, 0) is 0 Å². The van der Waals surface area contributed by atoms with Gasteiger partial charge in [-0.15, -0.1) is 0 Å². The summed E-state index contributed by atoms with van der Waals surface area (Å²) in [7, 11) is 0. The monoisotopic (exact) mass is 615 g/mol. The van der Waals surface area contributed by atoms with Gasteiger partial charge in [-0.3, -0.25) is 9.55 Å².